The van der Waals surface area contributed by atoms with Gasteiger partial charge >= 0.3 is 6.64 Å². The maximum atomic E-state index is 6.29. The van der Waals surface area contributed by atoms with Crippen molar-refractivity contribution < 1.29 is 9.18 Å². The minimum absolute atomic E-state index is 0.0324. The maximum absolute atomic E-state index is 6.29. The second-order valence-electron chi connectivity index (χ2n) is 5.56. The lowest BCUT2D eigenvalue weighted by molar-refractivity contribution is 0.230. The van der Waals surface area contributed by atoms with Crippen LogP contribution in [-0.4, -0.2) is 19.7 Å². The zero-order valence-electron chi connectivity index (χ0n) is 12.2. The standard InChI is InChI=1S/C16H18BN2O2P/c18-9-14-11-5-1-3-7-13(11)17(20-14)22-16-8-4-2-6-12(16)15(10-19)21-22/h1-8,14-15H,9-10,18-19H2. The van der Waals surface area contributed by atoms with E-state index in [1.165, 1.54) is 21.9 Å². The molecule has 0 radical (unpaired) electrons. The van der Waals surface area contributed by atoms with E-state index >= 15 is 0 Å². The van der Waals surface area contributed by atoms with E-state index in [1.54, 1.807) is 0 Å². The van der Waals surface area contributed by atoms with Gasteiger partial charge in [-0.1, -0.05) is 48.5 Å². The maximum Gasteiger partial charge on any atom is 0.390 e. The quantitative estimate of drug-likeness (QED) is 0.659. The second-order valence-corrected chi connectivity index (χ2v) is 7.37. The molecule has 3 unspecified atom stereocenters. The van der Waals surface area contributed by atoms with Crippen LogP contribution in [0.15, 0.2) is 48.5 Å². The predicted octanol–water partition coefficient (Wildman–Crippen LogP) is 1.16. The van der Waals surface area contributed by atoms with E-state index < -0.39 is 8.03 Å². The molecule has 2 heterocycles. The molecule has 2 aliphatic rings. The SMILES string of the molecule is NCC1OB(P2OC(CN)c3ccccc32)c2ccccc21. The molecule has 0 saturated heterocycles. The second kappa shape index (κ2) is 5.76. The molecule has 2 aromatic carbocycles. The molecular weight excluding hydrogens is 294 g/mol. The highest BCUT2D eigenvalue weighted by Crippen LogP contribution is 2.53. The van der Waals surface area contributed by atoms with Gasteiger partial charge in [0, 0.05) is 18.4 Å². The Bertz CT molecular complexity index is 640. The third-order valence-electron chi connectivity index (χ3n) is 4.31. The van der Waals surface area contributed by atoms with Gasteiger partial charge in [0.1, 0.15) is 0 Å². The van der Waals surface area contributed by atoms with Gasteiger partial charge in [-0.15, -0.1) is 0 Å². The van der Waals surface area contributed by atoms with Crippen LogP contribution in [0, 0.1) is 0 Å². The third-order valence-corrected chi connectivity index (χ3v) is 6.49. The van der Waals surface area contributed by atoms with Gasteiger partial charge in [-0.05, 0) is 16.6 Å². The summed E-state index contributed by atoms with van der Waals surface area (Å²) in [6, 6.07) is 16.6. The molecule has 0 saturated carbocycles. The topological polar surface area (TPSA) is 70.5 Å². The molecule has 4 N–H and O–H groups in total. The lowest BCUT2D eigenvalue weighted by atomic mass is 9.85. The lowest BCUT2D eigenvalue weighted by Crippen LogP contribution is -2.30. The van der Waals surface area contributed by atoms with Crippen LogP contribution < -0.4 is 22.2 Å². The highest BCUT2D eigenvalue weighted by atomic mass is 31.1. The smallest absolute Gasteiger partial charge is 0.390 e. The first-order valence-corrected chi connectivity index (χ1v) is 8.85. The molecule has 0 amide bonds. The molecule has 0 spiro atoms. The average Bonchev–Trinajstić information content (AvgIpc) is 3.13. The summed E-state index contributed by atoms with van der Waals surface area (Å²) < 4.78 is 12.5. The van der Waals surface area contributed by atoms with Gasteiger partial charge in [0.25, 0.3) is 0 Å². The number of benzene rings is 2. The number of fused-ring (bicyclic) bond motifs is 2. The van der Waals surface area contributed by atoms with Crippen LogP contribution in [0.25, 0.3) is 0 Å². The predicted molar refractivity (Wildman–Crippen MR) is 90.6 cm³/mol. The molecule has 2 aliphatic heterocycles. The number of hydrogen-bond donors (Lipinski definition) is 2. The number of nitrogens with two attached hydrogens (primary N) is 2. The molecule has 2 aromatic rings. The fourth-order valence-electron chi connectivity index (χ4n) is 3.26. The first-order chi connectivity index (χ1) is 10.8. The van der Waals surface area contributed by atoms with Gasteiger partial charge in [-0.25, -0.2) is 0 Å². The zero-order valence-corrected chi connectivity index (χ0v) is 13.1. The molecule has 4 nitrogen and oxygen atoms in total. The van der Waals surface area contributed by atoms with Crippen molar-refractivity contribution in [2.75, 3.05) is 13.1 Å². The molecular formula is C16H18BN2O2P. The molecule has 3 atom stereocenters. The highest BCUT2D eigenvalue weighted by Gasteiger charge is 2.46. The molecule has 112 valence electrons. The number of hydrogen-bond acceptors (Lipinski definition) is 4. The van der Waals surface area contributed by atoms with Crippen molar-refractivity contribution in [2.45, 2.75) is 12.2 Å². The van der Waals surface area contributed by atoms with Gasteiger partial charge in [-0.3, -0.25) is 0 Å². The van der Waals surface area contributed by atoms with Crippen LogP contribution in [-0.2, 0) is 9.18 Å². The van der Waals surface area contributed by atoms with E-state index in [1.807, 2.05) is 18.2 Å². The molecule has 0 fully saturated rings. The van der Waals surface area contributed by atoms with E-state index in [-0.39, 0.29) is 18.8 Å². The molecule has 0 bridgehead atoms. The Labute approximate surface area is 131 Å². The zero-order chi connectivity index (χ0) is 15.1. The van der Waals surface area contributed by atoms with Crippen molar-refractivity contribution in [3.05, 3.63) is 59.7 Å². The highest BCUT2D eigenvalue weighted by molar-refractivity contribution is 7.93. The van der Waals surface area contributed by atoms with Gasteiger partial charge in [-0.2, -0.15) is 0 Å². The fraction of sp³-hybridized carbons (Fsp3) is 0.250. The minimum atomic E-state index is -0.884. The molecule has 4 rings (SSSR count). The van der Waals surface area contributed by atoms with Crippen molar-refractivity contribution >= 4 is 25.4 Å². The Balaban J connectivity index is 1.75. The average molecular weight is 312 g/mol. The first kappa shape index (κ1) is 14.4. The van der Waals surface area contributed by atoms with Crippen molar-refractivity contribution in [3.63, 3.8) is 0 Å². The van der Waals surface area contributed by atoms with Crippen LogP contribution in [0.4, 0.5) is 0 Å². The summed E-state index contributed by atoms with van der Waals surface area (Å²) in [6.07, 6.45) is -0.0774. The molecule has 6 heteroatoms. The summed E-state index contributed by atoms with van der Waals surface area (Å²) in [4.78, 5) is 0. The van der Waals surface area contributed by atoms with Crippen LogP contribution >= 0.6 is 8.03 Å². The van der Waals surface area contributed by atoms with Gasteiger partial charge in [0.15, 0.2) is 0 Å². The number of rotatable bonds is 3. The van der Waals surface area contributed by atoms with E-state index in [9.17, 15) is 0 Å². The lowest BCUT2D eigenvalue weighted by Gasteiger charge is -2.18. The van der Waals surface area contributed by atoms with Gasteiger partial charge in [0.2, 0.25) is 0 Å². The van der Waals surface area contributed by atoms with Crippen LogP contribution in [0.2, 0.25) is 0 Å². The van der Waals surface area contributed by atoms with E-state index in [2.05, 4.69) is 30.3 Å². The third kappa shape index (κ3) is 2.13. The normalized spacial score (nSPS) is 26.1. The molecule has 22 heavy (non-hydrogen) atoms. The summed E-state index contributed by atoms with van der Waals surface area (Å²) in [5.74, 6) is 0. The van der Waals surface area contributed by atoms with Crippen LogP contribution in [0.3, 0.4) is 0 Å². The first-order valence-electron chi connectivity index (χ1n) is 7.53. The van der Waals surface area contributed by atoms with Crippen molar-refractivity contribution in [1.82, 2.24) is 0 Å². The van der Waals surface area contributed by atoms with E-state index in [0.717, 1.165) is 0 Å². The summed E-state index contributed by atoms with van der Waals surface area (Å²) in [5, 5.41) is 1.24. The monoisotopic (exact) mass is 312 g/mol. The van der Waals surface area contributed by atoms with Crippen LogP contribution in [0.1, 0.15) is 23.3 Å². The summed E-state index contributed by atoms with van der Waals surface area (Å²) in [7, 11) is -0.884. The van der Waals surface area contributed by atoms with Crippen molar-refractivity contribution in [2.24, 2.45) is 11.5 Å². The summed E-state index contributed by atoms with van der Waals surface area (Å²) >= 11 is 0. The Hall–Kier alpha value is -1.23. The van der Waals surface area contributed by atoms with Crippen molar-refractivity contribution in [1.29, 1.82) is 0 Å². The minimum Gasteiger partial charge on any atom is -0.417 e. The fourth-order valence-corrected chi connectivity index (χ4v) is 5.66. The van der Waals surface area contributed by atoms with Gasteiger partial charge in [0.05, 0.1) is 20.2 Å². The Morgan fingerprint density at radius 3 is 2.36 bits per heavy atom. The van der Waals surface area contributed by atoms with E-state index in [0.29, 0.717) is 13.1 Å². The van der Waals surface area contributed by atoms with Crippen molar-refractivity contribution in [3.8, 4) is 0 Å². The summed E-state index contributed by atoms with van der Waals surface area (Å²) in [6.45, 7) is 0.917. The Morgan fingerprint density at radius 2 is 1.59 bits per heavy atom. The van der Waals surface area contributed by atoms with E-state index in [4.69, 9.17) is 20.6 Å². The molecule has 0 aromatic heterocycles. The molecule has 0 aliphatic carbocycles. The Kier molecular flexibility index (Phi) is 3.77. The largest absolute Gasteiger partial charge is 0.417 e. The van der Waals surface area contributed by atoms with Crippen LogP contribution in [0.5, 0.6) is 0 Å². The summed E-state index contributed by atoms with van der Waals surface area (Å²) in [5.41, 5.74) is 15.4. The van der Waals surface area contributed by atoms with Gasteiger partial charge < -0.3 is 20.6 Å². The Morgan fingerprint density at radius 1 is 0.909 bits per heavy atom.